The Morgan fingerprint density at radius 1 is 1.26 bits per heavy atom. The van der Waals surface area contributed by atoms with Gasteiger partial charge in [0.05, 0.1) is 12.6 Å². The number of nitrogens with one attached hydrogen (secondary N) is 1. The van der Waals surface area contributed by atoms with Crippen LogP contribution in [0.4, 0.5) is 10.9 Å². The Kier molecular flexibility index (Phi) is 6.91. The quantitative estimate of drug-likeness (QED) is 0.330. The molecule has 9 heteroatoms. The summed E-state index contributed by atoms with van der Waals surface area (Å²) in [5.41, 5.74) is 7.65. The second-order valence-electron chi connectivity index (χ2n) is 6.59. The molecule has 4 N–H and O–H groups in total. The minimum Gasteiger partial charge on any atom is -0.394 e. The zero-order valence-corrected chi connectivity index (χ0v) is 18.4. The number of fused-ring (bicyclic) bond motifs is 1. The van der Waals surface area contributed by atoms with E-state index in [2.05, 4.69) is 56.1 Å². The van der Waals surface area contributed by atoms with Crippen LogP contribution >= 0.6 is 39.0 Å². The van der Waals surface area contributed by atoms with E-state index in [9.17, 15) is 5.11 Å². The summed E-state index contributed by atoms with van der Waals surface area (Å²) in [6, 6.07) is 8.01. The molecule has 0 amide bonds. The van der Waals surface area contributed by atoms with Crippen molar-refractivity contribution in [2.24, 2.45) is 5.92 Å². The first kappa shape index (κ1) is 20.3. The minimum absolute atomic E-state index is 0.0391. The molecule has 0 aliphatic carbocycles. The van der Waals surface area contributed by atoms with Gasteiger partial charge in [0.1, 0.15) is 4.70 Å². The number of hydrogen-bond donors (Lipinski definition) is 3. The Labute approximate surface area is 175 Å². The fourth-order valence-electron chi connectivity index (χ4n) is 2.68. The Balaban J connectivity index is 1.87. The molecule has 1 aromatic carbocycles. The number of rotatable bonds is 8. The molecule has 3 rings (SSSR count). The van der Waals surface area contributed by atoms with Crippen molar-refractivity contribution in [3.05, 3.63) is 34.3 Å². The summed E-state index contributed by atoms with van der Waals surface area (Å²) < 4.78 is 1.88. The zero-order chi connectivity index (χ0) is 19.4. The molecule has 1 unspecified atom stereocenters. The molecular formula is C18H22BrN5OS2. The Bertz CT molecular complexity index is 918. The van der Waals surface area contributed by atoms with Crippen molar-refractivity contribution in [1.82, 2.24) is 15.0 Å². The zero-order valence-electron chi connectivity index (χ0n) is 15.1. The van der Waals surface area contributed by atoms with Crippen LogP contribution in [0.2, 0.25) is 0 Å². The van der Waals surface area contributed by atoms with Gasteiger partial charge in [-0.3, -0.25) is 0 Å². The lowest BCUT2D eigenvalue weighted by Crippen LogP contribution is -2.26. The van der Waals surface area contributed by atoms with Gasteiger partial charge < -0.3 is 16.2 Å². The molecule has 2 heterocycles. The van der Waals surface area contributed by atoms with Gasteiger partial charge in [-0.05, 0) is 24.0 Å². The lowest BCUT2D eigenvalue weighted by atomic mass is 10.0. The number of hydrogen-bond acceptors (Lipinski definition) is 8. The van der Waals surface area contributed by atoms with Crippen LogP contribution in [-0.4, -0.2) is 32.7 Å². The van der Waals surface area contributed by atoms with E-state index in [1.54, 1.807) is 11.8 Å². The molecule has 27 heavy (non-hydrogen) atoms. The second-order valence-corrected chi connectivity index (χ2v) is 9.42. The monoisotopic (exact) mass is 467 g/mol. The van der Waals surface area contributed by atoms with Gasteiger partial charge in [-0.1, -0.05) is 71.1 Å². The normalized spacial score (nSPS) is 12.6. The van der Waals surface area contributed by atoms with Gasteiger partial charge in [0.2, 0.25) is 0 Å². The molecule has 0 bridgehead atoms. The Morgan fingerprint density at radius 2 is 2.04 bits per heavy atom. The van der Waals surface area contributed by atoms with Gasteiger partial charge in [-0.15, -0.1) is 0 Å². The maximum atomic E-state index is 9.71. The minimum atomic E-state index is -0.0763. The maximum absolute atomic E-state index is 9.71. The predicted octanol–water partition coefficient (Wildman–Crippen LogP) is 4.54. The fourth-order valence-corrected chi connectivity index (χ4v) is 4.86. The first-order valence-corrected chi connectivity index (χ1v) is 11.2. The third kappa shape index (κ3) is 5.31. The van der Waals surface area contributed by atoms with E-state index in [4.69, 9.17) is 5.73 Å². The van der Waals surface area contributed by atoms with E-state index in [1.807, 2.05) is 18.2 Å². The van der Waals surface area contributed by atoms with E-state index >= 15 is 0 Å². The van der Waals surface area contributed by atoms with Crippen molar-refractivity contribution < 1.29 is 5.11 Å². The van der Waals surface area contributed by atoms with Crippen molar-refractivity contribution in [3.8, 4) is 0 Å². The first-order chi connectivity index (χ1) is 13.0. The number of benzene rings is 1. The number of aliphatic hydroxyl groups excluding tert-OH is 1. The molecule has 6 nitrogen and oxygen atoms in total. The fraction of sp³-hybridized carbons (Fsp3) is 0.389. The first-order valence-electron chi connectivity index (χ1n) is 8.64. The molecule has 1 atom stereocenters. The van der Waals surface area contributed by atoms with Crippen LogP contribution in [0.25, 0.3) is 10.3 Å². The number of anilines is 2. The average molecular weight is 468 g/mol. The van der Waals surface area contributed by atoms with Crippen LogP contribution in [0, 0.1) is 5.92 Å². The van der Waals surface area contributed by atoms with Gasteiger partial charge in [-0.2, -0.15) is 0 Å². The van der Waals surface area contributed by atoms with E-state index in [0.29, 0.717) is 27.7 Å². The molecule has 144 valence electrons. The number of thioether (sulfide) groups is 1. The van der Waals surface area contributed by atoms with Crippen molar-refractivity contribution in [2.45, 2.75) is 37.2 Å². The van der Waals surface area contributed by atoms with Gasteiger partial charge in [0.25, 0.3) is 0 Å². The molecular weight excluding hydrogens is 446 g/mol. The van der Waals surface area contributed by atoms with Gasteiger partial charge in [0.15, 0.2) is 21.8 Å². The summed E-state index contributed by atoms with van der Waals surface area (Å²) in [5, 5.41) is 14.2. The molecule has 0 fully saturated rings. The highest BCUT2D eigenvalue weighted by atomic mass is 79.9. The summed E-state index contributed by atoms with van der Waals surface area (Å²) in [6.45, 7) is 4.30. The largest absolute Gasteiger partial charge is 0.394 e. The standard InChI is InChI=1S/C18H22BrN5OS2/c1-10(2)7-12(8-25)21-15-14-16(22-17(20)27-14)24-18(23-15)26-9-11-5-3-4-6-13(11)19/h3-6,10,12,25H,7-9H2,1-2H3,(H3,20,21,22,23,24). The average Bonchev–Trinajstić information content (AvgIpc) is 3.00. The molecule has 0 aliphatic rings. The van der Waals surface area contributed by atoms with Crippen molar-refractivity contribution in [2.75, 3.05) is 17.7 Å². The van der Waals surface area contributed by atoms with Crippen LogP contribution in [0.3, 0.4) is 0 Å². The second kappa shape index (κ2) is 9.18. The van der Waals surface area contributed by atoms with Crippen LogP contribution in [0.5, 0.6) is 0 Å². The van der Waals surface area contributed by atoms with E-state index in [-0.39, 0.29) is 12.6 Å². The number of aromatic nitrogens is 3. The highest BCUT2D eigenvalue weighted by molar-refractivity contribution is 9.10. The highest BCUT2D eigenvalue weighted by Crippen LogP contribution is 2.32. The van der Waals surface area contributed by atoms with E-state index in [0.717, 1.165) is 21.3 Å². The molecule has 3 aromatic rings. The lowest BCUT2D eigenvalue weighted by Gasteiger charge is -2.19. The highest BCUT2D eigenvalue weighted by Gasteiger charge is 2.17. The van der Waals surface area contributed by atoms with Gasteiger partial charge >= 0.3 is 0 Å². The third-order valence-corrected chi connectivity index (χ3v) is 6.43. The molecule has 0 saturated carbocycles. The van der Waals surface area contributed by atoms with Gasteiger partial charge in [-0.25, -0.2) is 15.0 Å². The molecule has 2 aromatic heterocycles. The molecule has 0 saturated heterocycles. The van der Waals surface area contributed by atoms with Crippen molar-refractivity contribution in [1.29, 1.82) is 0 Å². The summed E-state index contributed by atoms with van der Waals surface area (Å²) in [7, 11) is 0. The Hall–Kier alpha value is -1.42. The van der Waals surface area contributed by atoms with Crippen LogP contribution < -0.4 is 11.1 Å². The van der Waals surface area contributed by atoms with Crippen molar-refractivity contribution >= 4 is 60.3 Å². The number of thiazole rings is 1. The van der Waals surface area contributed by atoms with Crippen LogP contribution in [0.15, 0.2) is 33.9 Å². The van der Waals surface area contributed by atoms with Crippen molar-refractivity contribution in [3.63, 3.8) is 0 Å². The maximum Gasteiger partial charge on any atom is 0.191 e. The number of halogens is 1. The Morgan fingerprint density at radius 3 is 2.74 bits per heavy atom. The van der Waals surface area contributed by atoms with Gasteiger partial charge in [0, 0.05) is 10.2 Å². The molecule has 0 radical (unpaired) electrons. The topological polar surface area (TPSA) is 97.0 Å². The number of nitrogens with zero attached hydrogens (tertiary/aromatic N) is 3. The summed E-state index contributed by atoms with van der Waals surface area (Å²) in [6.07, 6.45) is 0.843. The van der Waals surface area contributed by atoms with E-state index in [1.165, 1.54) is 16.9 Å². The predicted molar refractivity (Wildman–Crippen MR) is 117 cm³/mol. The summed E-state index contributed by atoms with van der Waals surface area (Å²) >= 11 is 6.47. The summed E-state index contributed by atoms with van der Waals surface area (Å²) in [5.74, 6) is 1.88. The number of nitrogens with two attached hydrogens (primary N) is 1. The lowest BCUT2D eigenvalue weighted by molar-refractivity contribution is 0.259. The van der Waals surface area contributed by atoms with Crippen LogP contribution in [-0.2, 0) is 5.75 Å². The molecule has 0 aliphatic heterocycles. The van der Waals surface area contributed by atoms with E-state index < -0.39 is 0 Å². The number of nitrogen functional groups attached to an aromatic ring is 1. The SMILES string of the molecule is CC(C)CC(CO)Nc1nc(SCc2ccccc2Br)nc2nc(N)sc12. The van der Waals surface area contributed by atoms with Crippen LogP contribution in [0.1, 0.15) is 25.8 Å². The third-order valence-electron chi connectivity index (χ3n) is 3.88. The number of aliphatic hydroxyl groups is 1. The molecule has 0 spiro atoms. The summed E-state index contributed by atoms with van der Waals surface area (Å²) in [4.78, 5) is 13.6. The smallest absolute Gasteiger partial charge is 0.191 e.